The number of nitrogens with zero attached hydrogens (tertiary/aromatic N) is 1. The highest BCUT2D eigenvalue weighted by Gasteiger charge is 2.18. The number of non-ortho nitro benzene ring substituents is 1. The normalized spacial score (nSPS) is 11.2. The number of sulfonamides is 1. The number of benzene rings is 2. The SMILES string of the molecule is CCc1ccc(S(=O)(=O)Nc2cc([N+](=O)[O-])ccc2F)cc1. The second-order valence-corrected chi connectivity index (χ2v) is 6.21. The Morgan fingerprint density at radius 3 is 2.36 bits per heavy atom. The van der Waals surface area contributed by atoms with Crippen molar-refractivity contribution in [2.24, 2.45) is 0 Å². The third-order valence-electron chi connectivity index (χ3n) is 3.05. The predicted molar refractivity (Wildman–Crippen MR) is 79.7 cm³/mol. The first kappa shape index (κ1) is 15.9. The van der Waals surface area contributed by atoms with Crippen molar-refractivity contribution in [2.75, 3.05) is 4.72 Å². The first-order chi connectivity index (χ1) is 10.3. The zero-order valence-corrected chi connectivity index (χ0v) is 12.4. The molecule has 0 aliphatic heterocycles. The molecule has 0 aromatic heterocycles. The van der Waals surface area contributed by atoms with Crippen LogP contribution in [0, 0.1) is 15.9 Å². The van der Waals surface area contributed by atoms with Crippen molar-refractivity contribution in [2.45, 2.75) is 18.2 Å². The molecule has 0 spiro atoms. The Morgan fingerprint density at radius 2 is 1.82 bits per heavy atom. The Bertz CT molecular complexity index is 804. The van der Waals surface area contributed by atoms with E-state index < -0.39 is 32.1 Å². The van der Waals surface area contributed by atoms with Crippen LogP contribution in [0.4, 0.5) is 15.8 Å². The van der Waals surface area contributed by atoms with Crippen LogP contribution in [-0.4, -0.2) is 13.3 Å². The summed E-state index contributed by atoms with van der Waals surface area (Å²) in [7, 11) is -4.02. The van der Waals surface area contributed by atoms with Crippen LogP contribution in [0.25, 0.3) is 0 Å². The summed E-state index contributed by atoms with van der Waals surface area (Å²) in [5, 5.41) is 10.7. The molecule has 0 radical (unpaired) electrons. The summed E-state index contributed by atoms with van der Waals surface area (Å²) < 4.78 is 40.1. The first-order valence-electron chi connectivity index (χ1n) is 6.39. The van der Waals surface area contributed by atoms with Gasteiger partial charge >= 0.3 is 0 Å². The molecule has 0 amide bonds. The van der Waals surface area contributed by atoms with E-state index in [-0.39, 0.29) is 4.90 Å². The van der Waals surface area contributed by atoms with Gasteiger partial charge in [-0.1, -0.05) is 19.1 Å². The molecule has 8 heteroatoms. The van der Waals surface area contributed by atoms with Crippen molar-refractivity contribution in [1.82, 2.24) is 0 Å². The number of nitro benzene ring substituents is 1. The fourth-order valence-electron chi connectivity index (χ4n) is 1.81. The number of aryl methyl sites for hydroxylation is 1. The Kier molecular flexibility index (Phi) is 4.41. The van der Waals surface area contributed by atoms with E-state index in [4.69, 9.17) is 0 Å². The number of hydrogen-bond donors (Lipinski definition) is 1. The third kappa shape index (κ3) is 3.40. The Morgan fingerprint density at radius 1 is 1.18 bits per heavy atom. The van der Waals surface area contributed by atoms with Crippen molar-refractivity contribution < 1.29 is 17.7 Å². The first-order valence-corrected chi connectivity index (χ1v) is 7.87. The van der Waals surface area contributed by atoms with Gasteiger partial charge in [0.15, 0.2) is 0 Å². The molecule has 6 nitrogen and oxygen atoms in total. The molecule has 0 fully saturated rings. The van der Waals surface area contributed by atoms with E-state index in [9.17, 15) is 22.9 Å². The van der Waals surface area contributed by atoms with Crippen LogP contribution in [-0.2, 0) is 16.4 Å². The highest BCUT2D eigenvalue weighted by Crippen LogP contribution is 2.24. The molecule has 116 valence electrons. The maximum atomic E-state index is 13.6. The van der Waals surface area contributed by atoms with Crippen LogP contribution in [0.15, 0.2) is 47.4 Å². The van der Waals surface area contributed by atoms with Crippen LogP contribution in [0.2, 0.25) is 0 Å². The molecular formula is C14H13FN2O4S. The van der Waals surface area contributed by atoms with Gasteiger partial charge in [0.05, 0.1) is 15.5 Å². The molecule has 0 atom stereocenters. The van der Waals surface area contributed by atoms with Gasteiger partial charge in [-0.15, -0.1) is 0 Å². The average molecular weight is 324 g/mol. The zero-order valence-electron chi connectivity index (χ0n) is 11.6. The Balaban J connectivity index is 2.35. The molecule has 0 heterocycles. The molecule has 2 aromatic rings. The van der Waals surface area contributed by atoms with Gasteiger partial charge in [-0.25, -0.2) is 12.8 Å². The van der Waals surface area contributed by atoms with Crippen LogP contribution >= 0.6 is 0 Å². The Labute approximate surface area is 126 Å². The molecule has 2 rings (SSSR count). The number of rotatable bonds is 5. The van der Waals surface area contributed by atoms with Crippen molar-refractivity contribution >= 4 is 21.4 Å². The Hall–Kier alpha value is -2.48. The summed E-state index contributed by atoms with van der Waals surface area (Å²) in [5.41, 5.74) is 0.0923. The molecule has 1 N–H and O–H groups in total. The van der Waals surface area contributed by atoms with Gasteiger partial charge in [0.2, 0.25) is 0 Å². The van der Waals surface area contributed by atoms with Gasteiger partial charge in [-0.2, -0.15) is 0 Å². The predicted octanol–water partition coefficient (Wildman–Crippen LogP) is 3.10. The van der Waals surface area contributed by atoms with Gasteiger partial charge in [0.1, 0.15) is 5.82 Å². The summed E-state index contributed by atoms with van der Waals surface area (Å²) in [4.78, 5) is 9.90. The molecule has 0 aliphatic rings. The summed E-state index contributed by atoms with van der Waals surface area (Å²) in [6.45, 7) is 1.93. The summed E-state index contributed by atoms with van der Waals surface area (Å²) >= 11 is 0. The van der Waals surface area contributed by atoms with Crippen molar-refractivity contribution in [3.8, 4) is 0 Å². The van der Waals surface area contributed by atoms with Gasteiger partial charge in [0.25, 0.3) is 15.7 Å². The van der Waals surface area contributed by atoms with E-state index >= 15 is 0 Å². The molecule has 0 bridgehead atoms. The van der Waals surface area contributed by atoms with E-state index in [1.54, 1.807) is 12.1 Å². The topological polar surface area (TPSA) is 89.3 Å². The van der Waals surface area contributed by atoms with Crippen LogP contribution in [0.3, 0.4) is 0 Å². The lowest BCUT2D eigenvalue weighted by molar-refractivity contribution is -0.384. The quantitative estimate of drug-likeness (QED) is 0.676. The molecule has 0 unspecified atom stereocenters. The molecule has 0 saturated carbocycles. The third-order valence-corrected chi connectivity index (χ3v) is 4.43. The van der Waals surface area contributed by atoms with Crippen molar-refractivity contribution in [3.05, 3.63) is 64.0 Å². The van der Waals surface area contributed by atoms with E-state index in [2.05, 4.69) is 0 Å². The molecular weight excluding hydrogens is 311 g/mol. The number of halogens is 1. The molecule has 22 heavy (non-hydrogen) atoms. The smallest absolute Gasteiger partial charge is 0.271 e. The van der Waals surface area contributed by atoms with Gasteiger partial charge in [0, 0.05) is 12.1 Å². The highest BCUT2D eigenvalue weighted by atomic mass is 32.2. The second kappa shape index (κ2) is 6.10. The minimum Gasteiger partial charge on any atom is -0.276 e. The van der Waals surface area contributed by atoms with E-state index in [0.29, 0.717) is 0 Å². The van der Waals surface area contributed by atoms with Crippen LogP contribution < -0.4 is 4.72 Å². The largest absolute Gasteiger partial charge is 0.276 e. The lowest BCUT2D eigenvalue weighted by atomic mass is 10.2. The molecule has 0 aliphatic carbocycles. The van der Waals surface area contributed by atoms with Crippen molar-refractivity contribution in [1.29, 1.82) is 0 Å². The molecule has 2 aromatic carbocycles. The number of anilines is 1. The van der Waals surface area contributed by atoms with E-state index in [1.165, 1.54) is 12.1 Å². The standard InChI is InChI=1S/C14H13FN2O4S/c1-2-10-3-6-12(7-4-10)22(20,21)16-14-9-11(17(18)19)5-8-13(14)15/h3-9,16H,2H2,1H3. The summed E-state index contributed by atoms with van der Waals surface area (Å²) in [6.07, 6.45) is 0.757. The van der Waals surface area contributed by atoms with Crippen LogP contribution in [0.5, 0.6) is 0 Å². The average Bonchev–Trinajstić information content (AvgIpc) is 2.49. The minimum atomic E-state index is -4.02. The lowest BCUT2D eigenvalue weighted by Gasteiger charge is -2.09. The van der Waals surface area contributed by atoms with Gasteiger partial charge < -0.3 is 0 Å². The van der Waals surface area contributed by atoms with Gasteiger partial charge in [-0.3, -0.25) is 14.8 Å². The fraction of sp³-hybridized carbons (Fsp3) is 0.143. The van der Waals surface area contributed by atoms with Gasteiger partial charge in [-0.05, 0) is 30.2 Å². The van der Waals surface area contributed by atoms with E-state index in [0.717, 1.165) is 30.2 Å². The maximum Gasteiger partial charge on any atom is 0.271 e. The molecule has 0 saturated heterocycles. The van der Waals surface area contributed by atoms with E-state index in [1.807, 2.05) is 11.6 Å². The highest BCUT2D eigenvalue weighted by molar-refractivity contribution is 7.92. The fourth-order valence-corrected chi connectivity index (χ4v) is 2.87. The summed E-state index contributed by atoms with van der Waals surface area (Å²) in [6, 6.07) is 8.75. The van der Waals surface area contributed by atoms with Crippen LogP contribution in [0.1, 0.15) is 12.5 Å². The monoisotopic (exact) mass is 324 g/mol. The number of nitrogens with one attached hydrogen (secondary N) is 1. The second-order valence-electron chi connectivity index (χ2n) is 4.52. The number of nitro groups is 1. The summed E-state index contributed by atoms with van der Waals surface area (Å²) in [5.74, 6) is -0.889. The lowest BCUT2D eigenvalue weighted by Crippen LogP contribution is -2.14. The number of hydrogen-bond acceptors (Lipinski definition) is 4. The maximum absolute atomic E-state index is 13.6. The zero-order chi connectivity index (χ0) is 16.3. The van der Waals surface area contributed by atoms with Crippen molar-refractivity contribution in [3.63, 3.8) is 0 Å². The minimum absolute atomic E-state index is 0.0457.